The Bertz CT molecular complexity index is 593. The first-order valence-electron chi connectivity index (χ1n) is 5.84. The molecule has 2 aromatic carbocycles. The van der Waals surface area contributed by atoms with Crippen LogP contribution in [0.3, 0.4) is 0 Å². The van der Waals surface area contributed by atoms with Crippen molar-refractivity contribution >= 4 is 17.3 Å². The highest BCUT2D eigenvalue weighted by Gasteiger charge is 2.10. The van der Waals surface area contributed by atoms with Crippen molar-refractivity contribution in [2.24, 2.45) is 0 Å². The van der Waals surface area contributed by atoms with Gasteiger partial charge in [0.05, 0.1) is 17.0 Å². The van der Waals surface area contributed by atoms with E-state index in [1.807, 2.05) is 30.3 Å². The molecule has 0 fully saturated rings. The van der Waals surface area contributed by atoms with Gasteiger partial charge in [0, 0.05) is 12.2 Å². The topological polar surface area (TPSA) is 35.8 Å². The first-order chi connectivity index (χ1) is 9.20. The van der Waals surface area contributed by atoms with Crippen LogP contribution >= 0.6 is 11.6 Å². The fraction of sp³-hybridized carbons (Fsp3) is 0.133. The average molecular weight is 275 g/mol. The highest BCUT2D eigenvalue weighted by atomic mass is 35.5. The fourth-order valence-corrected chi connectivity index (χ4v) is 1.93. The third kappa shape index (κ3) is 3.46. The number of rotatable bonds is 4. The molecule has 0 saturated carbocycles. The third-order valence-corrected chi connectivity index (χ3v) is 3.08. The number of nitrogens with zero attached hydrogens (tertiary/aromatic N) is 1. The van der Waals surface area contributed by atoms with Crippen molar-refractivity contribution < 1.29 is 4.39 Å². The summed E-state index contributed by atoms with van der Waals surface area (Å²) in [6.45, 7) is 0.447. The van der Waals surface area contributed by atoms with Gasteiger partial charge < -0.3 is 5.32 Å². The van der Waals surface area contributed by atoms with E-state index in [-0.39, 0.29) is 10.9 Å². The van der Waals surface area contributed by atoms with Crippen molar-refractivity contribution in [2.75, 3.05) is 11.9 Å². The SMILES string of the molecule is N#CC(CNc1ccc(F)c(Cl)c1)c1ccccc1. The molecule has 4 heteroatoms. The molecule has 1 atom stereocenters. The van der Waals surface area contributed by atoms with E-state index in [1.54, 1.807) is 6.07 Å². The molecule has 0 bridgehead atoms. The molecular weight excluding hydrogens is 263 g/mol. The largest absolute Gasteiger partial charge is 0.383 e. The molecule has 19 heavy (non-hydrogen) atoms. The third-order valence-electron chi connectivity index (χ3n) is 2.79. The Balaban J connectivity index is 2.05. The molecule has 0 spiro atoms. The summed E-state index contributed by atoms with van der Waals surface area (Å²) in [5.74, 6) is -0.711. The van der Waals surface area contributed by atoms with Crippen molar-refractivity contribution in [1.82, 2.24) is 0 Å². The van der Waals surface area contributed by atoms with Gasteiger partial charge in [-0.05, 0) is 23.8 Å². The minimum absolute atomic E-state index is 0.0678. The molecular formula is C15H12ClFN2. The van der Waals surface area contributed by atoms with E-state index in [2.05, 4.69) is 11.4 Å². The molecule has 1 unspecified atom stereocenters. The molecule has 0 aliphatic heterocycles. The van der Waals surface area contributed by atoms with Gasteiger partial charge in [0.15, 0.2) is 0 Å². The van der Waals surface area contributed by atoms with Crippen LogP contribution in [0.1, 0.15) is 11.5 Å². The molecule has 2 rings (SSSR count). The first-order valence-corrected chi connectivity index (χ1v) is 6.22. The predicted octanol–water partition coefficient (Wildman–Crippen LogP) is 4.20. The number of nitriles is 1. The van der Waals surface area contributed by atoms with E-state index in [0.717, 1.165) is 5.56 Å². The zero-order chi connectivity index (χ0) is 13.7. The lowest BCUT2D eigenvalue weighted by Gasteiger charge is -2.12. The maximum absolute atomic E-state index is 13.0. The van der Waals surface area contributed by atoms with Crippen LogP contribution in [0.15, 0.2) is 48.5 Å². The van der Waals surface area contributed by atoms with Crippen molar-refractivity contribution in [1.29, 1.82) is 5.26 Å². The van der Waals surface area contributed by atoms with Crippen LogP contribution in [0, 0.1) is 17.1 Å². The number of hydrogen-bond acceptors (Lipinski definition) is 2. The van der Waals surface area contributed by atoms with E-state index in [1.165, 1.54) is 12.1 Å². The van der Waals surface area contributed by atoms with Crippen LogP contribution in [0.2, 0.25) is 5.02 Å². The van der Waals surface area contributed by atoms with Gasteiger partial charge in [-0.2, -0.15) is 5.26 Å². The second-order valence-electron chi connectivity index (χ2n) is 4.10. The number of nitrogens with one attached hydrogen (secondary N) is 1. The van der Waals surface area contributed by atoms with Crippen molar-refractivity contribution in [3.8, 4) is 6.07 Å². The van der Waals surface area contributed by atoms with Gasteiger partial charge in [0.25, 0.3) is 0 Å². The Morgan fingerprint density at radius 2 is 1.95 bits per heavy atom. The Kier molecular flexibility index (Phi) is 4.38. The molecule has 0 aliphatic carbocycles. The van der Waals surface area contributed by atoms with E-state index in [0.29, 0.717) is 12.2 Å². The summed E-state index contributed by atoms with van der Waals surface area (Å²) in [6, 6.07) is 16.2. The molecule has 0 aliphatic rings. The summed E-state index contributed by atoms with van der Waals surface area (Å²) in [7, 11) is 0. The first kappa shape index (κ1) is 13.4. The number of hydrogen-bond donors (Lipinski definition) is 1. The molecule has 0 aromatic heterocycles. The molecule has 2 nitrogen and oxygen atoms in total. The molecule has 0 heterocycles. The Morgan fingerprint density at radius 3 is 2.58 bits per heavy atom. The second-order valence-corrected chi connectivity index (χ2v) is 4.51. The van der Waals surface area contributed by atoms with Gasteiger partial charge in [0.2, 0.25) is 0 Å². The quantitative estimate of drug-likeness (QED) is 0.907. The van der Waals surface area contributed by atoms with Gasteiger partial charge in [-0.25, -0.2) is 4.39 Å². The smallest absolute Gasteiger partial charge is 0.141 e. The second kappa shape index (κ2) is 6.21. The van der Waals surface area contributed by atoms with E-state index in [4.69, 9.17) is 11.6 Å². The molecule has 2 aromatic rings. The van der Waals surface area contributed by atoms with E-state index >= 15 is 0 Å². The van der Waals surface area contributed by atoms with Gasteiger partial charge in [0.1, 0.15) is 5.82 Å². The van der Waals surface area contributed by atoms with Crippen molar-refractivity contribution in [3.05, 3.63) is 64.9 Å². The maximum atomic E-state index is 13.0. The summed E-state index contributed by atoms with van der Waals surface area (Å²) in [4.78, 5) is 0. The zero-order valence-corrected chi connectivity index (χ0v) is 10.9. The molecule has 0 saturated heterocycles. The lowest BCUT2D eigenvalue weighted by Crippen LogP contribution is -2.11. The zero-order valence-electron chi connectivity index (χ0n) is 10.1. The minimum Gasteiger partial charge on any atom is -0.383 e. The van der Waals surface area contributed by atoms with Gasteiger partial charge in [-0.3, -0.25) is 0 Å². The van der Waals surface area contributed by atoms with Crippen LogP contribution in [0.5, 0.6) is 0 Å². The Hall–Kier alpha value is -2.05. The van der Waals surface area contributed by atoms with Crippen LogP contribution < -0.4 is 5.32 Å². The molecule has 96 valence electrons. The van der Waals surface area contributed by atoms with Crippen molar-refractivity contribution in [3.63, 3.8) is 0 Å². The van der Waals surface area contributed by atoms with Crippen LogP contribution in [0.4, 0.5) is 10.1 Å². The standard InChI is InChI=1S/C15H12ClFN2/c16-14-8-13(6-7-15(14)17)19-10-12(9-18)11-4-2-1-3-5-11/h1-8,12,19H,10H2. The van der Waals surface area contributed by atoms with Gasteiger partial charge in [-0.1, -0.05) is 41.9 Å². The van der Waals surface area contributed by atoms with Gasteiger partial charge in [-0.15, -0.1) is 0 Å². The summed E-state index contributed by atoms with van der Waals surface area (Å²) in [6.07, 6.45) is 0. The maximum Gasteiger partial charge on any atom is 0.141 e. The highest BCUT2D eigenvalue weighted by Crippen LogP contribution is 2.21. The normalized spacial score (nSPS) is 11.6. The summed E-state index contributed by atoms with van der Waals surface area (Å²) >= 11 is 5.70. The number of halogens is 2. The summed E-state index contributed by atoms with van der Waals surface area (Å²) < 4.78 is 13.0. The monoisotopic (exact) mass is 274 g/mol. The molecule has 1 N–H and O–H groups in total. The van der Waals surface area contributed by atoms with Crippen LogP contribution in [-0.2, 0) is 0 Å². The molecule has 0 amide bonds. The lowest BCUT2D eigenvalue weighted by atomic mass is 10.0. The van der Waals surface area contributed by atoms with E-state index in [9.17, 15) is 9.65 Å². The Morgan fingerprint density at radius 1 is 1.21 bits per heavy atom. The molecule has 0 radical (unpaired) electrons. The highest BCUT2D eigenvalue weighted by molar-refractivity contribution is 6.31. The summed E-state index contributed by atoms with van der Waals surface area (Å²) in [5.41, 5.74) is 1.65. The fourth-order valence-electron chi connectivity index (χ4n) is 1.75. The summed E-state index contributed by atoms with van der Waals surface area (Å²) in [5, 5.41) is 12.3. The lowest BCUT2D eigenvalue weighted by molar-refractivity contribution is 0.628. The number of benzene rings is 2. The number of anilines is 1. The van der Waals surface area contributed by atoms with Crippen LogP contribution in [-0.4, -0.2) is 6.54 Å². The Labute approximate surface area is 116 Å². The minimum atomic E-state index is -0.452. The van der Waals surface area contributed by atoms with Gasteiger partial charge >= 0.3 is 0 Å². The average Bonchev–Trinajstić information content (AvgIpc) is 2.44. The van der Waals surface area contributed by atoms with Crippen molar-refractivity contribution in [2.45, 2.75) is 5.92 Å². The van der Waals surface area contributed by atoms with Crippen LogP contribution in [0.25, 0.3) is 0 Å². The predicted molar refractivity (Wildman–Crippen MR) is 74.7 cm³/mol. The van der Waals surface area contributed by atoms with E-state index < -0.39 is 5.82 Å².